The summed E-state index contributed by atoms with van der Waals surface area (Å²) in [4.78, 5) is 42.7. The number of allylic oxidation sites excluding steroid dienone is 12. The molecule has 0 amide bonds. The topological polar surface area (TPSA) is 140 Å². The molecule has 0 fully saturated rings. The Morgan fingerprint density at radius 2 is 1.22 bits per heavy atom. The largest absolute Gasteiger partial charge is 0.469 e. The van der Waals surface area contributed by atoms with Gasteiger partial charge in [-0.2, -0.15) is 0 Å². The second kappa shape index (κ2) is 35.6. The van der Waals surface area contributed by atoms with Crippen molar-refractivity contribution in [1.29, 1.82) is 0 Å². The molecule has 0 aliphatic heterocycles. The highest BCUT2D eigenvalue weighted by Crippen LogP contribution is 2.35. The SMILES string of the molecule is CC/C=C\C/C=C\C/C=C\C/C=C\C=C/C(O)C/C=C\CCC(=O)O[C@H](COC(=O)CCCCCCC/C=C\CCCCCC)COP(=O)(O)O. The lowest BCUT2D eigenvalue weighted by Crippen LogP contribution is -2.29. The molecule has 3 N–H and O–H groups in total. The van der Waals surface area contributed by atoms with Crippen molar-refractivity contribution in [2.45, 2.75) is 148 Å². The van der Waals surface area contributed by atoms with Gasteiger partial charge in [-0.25, -0.2) is 4.57 Å². The fourth-order valence-electron chi connectivity index (χ4n) is 4.65. The van der Waals surface area contributed by atoms with Crippen molar-refractivity contribution in [2.75, 3.05) is 13.2 Å². The van der Waals surface area contributed by atoms with Crippen molar-refractivity contribution < 1.29 is 43.0 Å². The highest BCUT2D eigenvalue weighted by atomic mass is 31.2. The summed E-state index contributed by atoms with van der Waals surface area (Å²) in [6, 6.07) is 0. The third-order valence-electron chi connectivity index (χ3n) is 7.49. The van der Waals surface area contributed by atoms with Crippen LogP contribution in [0.3, 0.4) is 0 Å². The normalized spacial score (nSPS) is 14.1. The quantitative estimate of drug-likeness (QED) is 0.0198. The van der Waals surface area contributed by atoms with Crippen molar-refractivity contribution in [1.82, 2.24) is 0 Å². The molecule has 51 heavy (non-hydrogen) atoms. The zero-order valence-corrected chi connectivity index (χ0v) is 32.2. The molecule has 0 saturated carbocycles. The van der Waals surface area contributed by atoms with Gasteiger partial charge in [-0.15, -0.1) is 0 Å². The van der Waals surface area contributed by atoms with Crippen LogP contribution in [0.2, 0.25) is 0 Å². The number of esters is 2. The van der Waals surface area contributed by atoms with Gasteiger partial charge in [0.25, 0.3) is 0 Å². The molecule has 0 rings (SSSR count). The second-order valence-corrected chi connectivity index (χ2v) is 13.6. The number of carbonyl (C=O) groups excluding carboxylic acids is 2. The molecule has 1 unspecified atom stereocenters. The summed E-state index contributed by atoms with van der Waals surface area (Å²) < 4.78 is 26.2. The summed E-state index contributed by atoms with van der Waals surface area (Å²) in [7, 11) is -4.81. The monoisotopic (exact) mass is 734 g/mol. The third-order valence-corrected chi connectivity index (χ3v) is 7.98. The number of ether oxygens (including phenoxy) is 2. The molecule has 2 atom stereocenters. The Morgan fingerprint density at radius 1 is 0.627 bits per heavy atom. The van der Waals surface area contributed by atoms with Gasteiger partial charge >= 0.3 is 19.8 Å². The predicted molar refractivity (Wildman–Crippen MR) is 208 cm³/mol. The number of phosphoric acid groups is 1. The van der Waals surface area contributed by atoms with Crippen molar-refractivity contribution in [3.05, 3.63) is 85.1 Å². The van der Waals surface area contributed by atoms with Gasteiger partial charge in [-0.1, -0.05) is 137 Å². The van der Waals surface area contributed by atoms with Crippen LogP contribution >= 0.6 is 7.82 Å². The maximum absolute atomic E-state index is 12.3. The van der Waals surface area contributed by atoms with Crippen molar-refractivity contribution in [3.63, 3.8) is 0 Å². The second-order valence-electron chi connectivity index (χ2n) is 12.4. The minimum absolute atomic E-state index is 0.000502. The molecular formula is C41H67O9P. The number of rotatable bonds is 33. The van der Waals surface area contributed by atoms with Crippen LogP contribution in [-0.4, -0.2) is 52.3 Å². The van der Waals surface area contributed by atoms with E-state index in [9.17, 15) is 19.3 Å². The zero-order valence-electron chi connectivity index (χ0n) is 31.3. The molecule has 0 radical (unpaired) electrons. The summed E-state index contributed by atoms with van der Waals surface area (Å²) in [5.41, 5.74) is 0. The first kappa shape index (κ1) is 48.2. The Hall–Kier alpha value is -2.81. The number of carbonyl (C=O) groups is 2. The maximum atomic E-state index is 12.3. The molecule has 0 aromatic heterocycles. The fourth-order valence-corrected chi connectivity index (χ4v) is 5.01. The molecule has 0 bridgehead atoms. The third kappa shape index (κ3) is 38.3. The van der Waals surface area contributed by atoms with E-state index in [0.29, 0.717) is 19.3 Å². The van der Waals surface area contributed by atoms with Gasteiger partial charge in [-0.05, 0) is 70.6 Å². The highest BCUT2D eigenvalue weighted by Gasteiger charge is 2.22. The van der Waals surface area contributed by atoms with Gasteiger partial charge in [0.1, 0.15) is 6.61 Å². The number of phosphoric ester groups is 1. The fraction of sp³-hybridized carbons (Fsp3) is 0.610. The molecule has 0 heterocycles. The van der Waals surface area contributed by atoms with Gasteiger partial charge in [0.15, 0.2) is 6.10 Å². The van der Waals surface area contributed by atoms with E-state index in [1.807, 2.05) is 12.2 Å². The van der Waals surface area contributed by atoms with E-state index in [4.69, 9.17) is 19.3 Å². The van der Waals surface area contributed by atoms with E-state index in [-0.39, 0.29) is 19.4 Å². The lowest BCUT2D eigenvalue weighted by Gasteiger charge is -2.18. The molecular weight excluding hydrogens is 667 g/mol. The van der Waals surface area contributed by atoms with Crippen molar-refractivity contribution in [3.8, 4) is 0 Å². The van der Waals surface area contributed by atoms with Gasteiger partial charge in [0.2, 0.25) is 0 Å². The van der Waals surface area contributed by atoms with E-state index in [0.717, 1.165) is 64.2 Å². The summed E-state index contributed by atoms with van der Waals surface area (Å²) in [5, 5.41) is 10.1. The van der Waals surface area contributed by atoms with Crippen LogP contribution in [0.25, 0.3) is 0 Å². The van der Waals surface area contributed by atoms with Crippen LogP contribution in [0.5, 0.6) is 0 Å². The standard InChI is InChI=1S/C41H67O9P/c1-3-5-7-9-11-13-15-17-19-21-23-25-28-32-38(42)33-29-27-31-35-41(44)50-39(37-49-51(45,46)47)36-48-40(43)34-30-26-24-22-20-18-16-14-12-10-8-6-4-2/h5,7,11,13-14,16-17,19,23,25,27-29,32,38-39,42H,3-4,6,8-10,12,15,18,20-22,24,26,30-31,33-37H2,1-2H3,(H2,45,46,47)/b7-5-,13-11-,16-14-,19-17-,25-23-,29-27-,32-28-/t38?,39-/m1/s1. The molecule has 0 aromatic rings. The summed E-state index contributed by atoms with van der Waals surface area (Å²) >= 11 is 0. The van der Waals surface area contributed by atoms with Crippen LogP contribution in [0.15, 0.2) is 85.1 Å². The van der Waals surface area contributed by atoms with Crippen LogP contribution in [0.1, 0.15) is 136 Å². The van der Waals surface area contributed by atoms with E-state index >= 15 is 0 Å². The first-order valence-electron chi connectivity index (χ1n) is 19.0. The van der Waals surface area contributed by atoms with Gasteiger partial charge in [0, 0.05) is 12.8 Å². The van der Waals surface area contributed by atoms with Gasteiger partial charge in [-0.3, -0.25) is 14.1 Å². The first-order valence-corrected chi connectivity index (χ1v) is 20.5. The lowest BCUT2D eigenvalue weighted by atomic mass is 10.1. The average Bonchev–Trinajstić information content (AvgIpc) is 3.09. The maximum Gasteiger partial charge on any atom is 0.469 e. The summed E-state index contributed by atoms with van der Waals surface area (Å²) in [6.07, 6.45) is 43.4. The first-order chi connectivity index (χ1) is 24.7. The Bertz CT molecular complexity index is 1110. The van der Waals surface area contributed by atoms with Gasteiger partial charge < -0.3 is 24.4 Å². The molecule has 9 nitrogen and oxygen atoms in total. The zero-order chi connectivity index (χ0) is 37.7. The lowest BCUT2D eigenvalue weighted by molar-refractivity contribution is -0.161. The molecule has 0 aliphatic carbocycles. The number of hydrogen-bond acceptors (Lipinski definition) is 7. The van der Waals surface area contributed by atoms with E-state index in [2.05, 4.69) is 67.0 Å². The Balaban J connectivity index is 4.25. The smallest absolute Gasteiger partial charge is 0.462 e. The molecule has 0 saturated heterocycles. The predicted octanol–water partition coefficient (Wildman–Crippen LogP) is 10.3. The molecule has 290 valence electrons. The van der Waals surface area contributed by atoms with Crippen LogP contribution in [-0.2, 0) is 28.2 Å². The van der Waals surface area contributed by atoms with Crippen molar-refractivity contribution >= 4 is 19.8 Å². The Labute approximate surface area is 308 Å². The molecule has 10 heteroatoms. The highest BCUT2D eigenvalue weighted by molar-refractivity contribution is 7.46. The van der Waals surface area contributed by atoms with Crippen LogP contribution < -0.4 is 0 Å². The van der Waals surface area contributed by atoms with E-state index in [1.165, 1.54) is 25.7 Å². The minimum atomic E-state index is -4.81. The average molecular weight is 735 g/mol. The number of hydrogen-bond donors (Lipinski definition) is 3. The molecule has 0 aromatic carbocycles. The van der Waals surface area contributed by atoms with E-state index < -0.39 is 38.6 Å². The molecule has 0 aliphatic rings. The van der Waals surface area contributed by atoms with Crippen LogP contribution in [0.4, 0.5) is 0 Å². The Morgan fingerprint density at radius 3 is 1.86 bits per heavy atom. The Kier molecular flexibility index (Phi) is 33.6. The van der Waals surface area contributed by atoms with Crippen molar-refractivity contribution in [2.24, 2.45) is 0 Å². The summed E-state index contributed by atoms with van der Waals surface area (Å²) in [6.45, 7) is 3.37. The van der Waals surface area contributed by atoms with E-state index in [1.54, 1.807) is 24.3 Å². The minimum Gasteiger partial charge on any atom is -0.462 e. The number of aliphatic hydroxyl groups excluding tert-OH is 1. The molecule has 0 spiro atoms. The van der Waals surface area contributed by atoms with Gasteiger partial charge in [0.05, 0.1) is 12.7 Å². The summed E-state index contributed by atoms with van der Waals surface area (Å²) in [5.74, 6) is -1.09. The number of unbranched alkanes of at least 4 members (excludes halogenated alkanes) is 9. The van der Waals surface area contributed by atoms with Crippen LogP contribution in [0, 0.1) is 0 Å². The number of aliphatic hydroxyl groups is 1.